The van der Waals surface area contributed by atoms with Crippen LogP contribution in [0.1, 0.15) is 45.1 Å². The second-order valence-corrected chi connectivity index (χ2v) is 9.30. The summed E-state index contributed by atoms with van der Waals surface area (Å²) in [6, 6.07) is 1.93. The molecule has 12 heteroatoms. The minimum Gasteiger partial charge on any atom is -0.508 e. The highest BCUT2D eigenvalue weighted by Gasteiger charge is 2.39. The van der Waals surface area contributed by atoms with Crippen molar-refractivity contribution in [3.63, 3.8) is 0 Å². The van der Waals surface area contributed by atoms with Gasteiger partial charge in [-0.1, -0.05) is 26.0 Å². The molecule has 1 fully saturated rings. The summed E-state index contributed by atoms with van der Waals surface area (Å²) in [5, 5.41) is 24.0. The maximum Gasteiger partial charge on any atom is 0.326 e. The highest BCUT2D eigenvalue weighted by atomic mass is 16.4. The number of phenols is 1. The summed E-state index contributed by atoms with van der Waals surface area (Å²) < 4.78 is 0. The smallest absolute Gasteiger partial charge is 0.326 e. The van der Waals surface area contributed by atoms with Crippen molar-refractivity contribution in [2.24, 2.45) is 17.4 Å². The molecule has 4 amide bonds. The van der Waals surface area contributed by atoms with E-state index < -0.39 is 53.8 Å². The lowest BCUT2D eigenvalue weighted by atomic mass is 10.0. The summed E-state index contributed by atoms with van der Waals surface area (Å²) in [6.45, 7) is 3.68. The number of aliphatic carboxylic acids is 1. The Labute approximate surface area is 209 Å². The molecule has 0 saturated carbocycles. The van der Waals surface area contributed by atoms with Gasteiger partial charge in [0.25, 0.3) is 0 Å². The van der Waals surface area contributed by atoms with Gasteiger partial charge in [-0.2, -0.15) is 0 Å². The summed E-state index contributed by atoms with van der Waals surface area (Å²) in [6.07, 6.45) is 0.695. The van der Waals surface area contributed by atoms with E-state index in [9.17, 15) is 34.2 Å². The van der Waals surface area contributed by atoms with Gasteiger partial charge in [0.2, 0.25) is 23.6 Å². The van der Waals surface area contributed by atoms with E-state index in [2.05, 4.69) is 10.6 Å². The quantitative estimate of drug-likeness (QED) is 0.212. The number of likely N-dealkylation sites (tertiary alicyclic amines) is 1. The number of benzene rings is 1. The van der Waals surface area contributed by atoms with Gasteiger partial charge in [-0.05, 0) is 49.3 Å². The molecular formula is C24H35N5O7. The Kier molecular flexibility index (Phi) is 10.2. The minimum atomic E-state index is -1.20. The van der Waals surface area contributed by atoms with Crippen LogP contribution in [0.3, 0.4) is 0 Å². The molecular weight excluding hydrogens is 470 g/mol. The number of primary amides is 1. The number of amides is 4. The van der Waals surface area contributed by atoms with E-state index in [4.69, 9.17) is 11.5 Å². The number of rotatable bonds is 12. The standard InChI is InChI=1S/C24H35N5O7/c1-13(2)20(23(34)29-11-3-4-18(29)24(35)36)28-22(33)17(9-10-19(26)31)27-21(32)16(25)12-14-5-7-15(30)8-6-14/h5-8,13,16-18,20,30H,3-4,9-12,25H2,1-2H3,(H2,26,31)(H,27,32)(H,28,33)(H,35,36). The maximum absolute atomic E-state index is 13.1. The third-order valence-corrected chi connectivity index (χ3v) is 6.09. The summed E-state index contributed by atoms with van der Waals surface area (Å²) in [7, 11) is 0. The number of nitrogens with one attached hydrogen (secondary N) is 2. The first kappa shape index (κ1) is 28.6. The number of phenolic OH excluding ortho intramolecular Hbond substituents is 1. The molecule has 1 saturated heterocycles. The number of carboxylic acid groups (broad SMARTS) is 1. The van der Waals surface area contributed by atoms with Crippen LogP contribution in [0.2, 0.25) is 0 Å². The zero-order chi connectivity index (χ0) is 27.0. The fourth-order valence-electron chi connectivity index (χ4n) is 4.05. The van der Waals surface area contributed by atoms with Crippen molar-refractivity contribution in [3.05, 3.63) is 29.8 Å². The van der Waals surface area contributed by atoms with Gasteiger partial charge in [0.15, 0.2) is 0 Å². The molecule has 1 aromatic carbocycles. The number of hydrogen-bond donors (Lipinski definition) is 6. The highest BCUT2D eigenvalue weighted by Crippen LogP contribution is 2.20. The Morgan fingerprint density at radius 1 is 1.08 bits per heavy atom. The van der Waals surface area contributed by atoms with E-state index in [1.54, 1.807) is 26.0 Å². The van der Waals surface area contributed by atoms with Crippen molar-refractivity contribution in [2.45, 2.75) is 70.1 Å². The van der Waals surface area contributed by atoms with Crippen molar-refractivity contribution in [3.8, 4) is 5.75 Å². The van der Waals surface area contributed by atoms with Crippen LogP contribution >= 0.6 is 0 Å². The van der Waals surface area contributed by atoms with E-state index in [-0.39, 0.29) is 37.5 Å². The summed E-state index contributed by atoms with van der Waals surface area (Å²) >= 11 is 0. The average Bonchev–Trinajstić information content (AvgIpc) is 3.31. The first-order valence-corrected chi connectivity index (χ1v) is 11.9. The average molecular weight is 506 g/mol. The number of carboxylic acids is 1. The molecule has 8 N–H and O–H groups in total. The topological polar surface area (TPSA) is 205 Å². The number of carbonyl (C=O) groups excluding carboxylic acids is 4. The molecule has 0 bridgehead atoms. The molecule has 1 aromatic rings. The zero-order valence-corrected chi connectivity index (χ0v) is 20.5. The molecule has 12 nitrogen and oxygen atoms in total. The molecule has 36 heavy (non-hydrogen) atoms. The van der Waals surface area contributed by atoms with E-state index in [1.807, 2.05) is 0 Å². The van der Waals surface area contributed by atoms with E-state index in [0.29, 0.717) is 18.4 Å². The van der Waals surface area contributed by atoms with Crippen LogP contribution in [0.5, 0.6) is 5.75 Å². The van der Waals surface area contributed by atoms with Crippen molar-refractivity contribution in [1.29, 1.82) is 0 Å². The molecule has 1 aliphatic heterocycles. The largest absolute Gasteiger partial charge is 0.508 e. The van der Waals surface area contributed by atoms with Crippen LogP contribution in [0.15, 0.2) is 24.3 Å². The van der Waals surface area contributed by atoms with Crippen LogP contribution in [-0.4, -0.2) is 75.4 Å². The Bertz CT molecular complexity index is 966. The Morgan fingerprint density at radius 2 is 1.72 bits per heavy atom. The fourth-order valence-corrected chi connectivity index (χ4v) is 4.05. The number of aromatic hydroxyl groups is 1. The monoisotopic (exact) mass is 505 g/mol. The molecule has 4 atom stereocenters. The molecule has 1 aliphatic rings. The molecule has 4 unspecified atom stereocenters. The lowest BCUT2D eigenvalue weighted by Crippen LogP contribution is -2.58. The van der Waals surface area contributed by atoms with Crippen LogP contribution in [-0.2, 0) is 30.4 Å². The molecule has 0 aliphatic carbocycles. The summed E-state index contributed by atoms with van der Waals surface area (Å²) in [5.74, 6) is -3.96. The van der Waals surface area contributed by atoms with Gasteiger partial charge in [0, 0.05) is 13.0 Å². The van der Waals surface area contributed by atoms with Crippen molar-refractivity contribution in [2.75, 3.05) is 6.54 Å². The SMILES string of the molecule is CC(C)C(NC(=O)C(CCC(N)=O)NC(=O)C(N)Cc1ccc(O)cc1)C(=O)N1CCCC1C(=O)O. The van der Waals surface area contributed by atoms with Gasteiger partial charge in [-0.15, -0.1) is 0 Å². The Balaban J connectivity index is 2.12. The molecule has 0 radical (unpaired) electrons. The predicted octanol–water partition coefficient (Wildman–Crippen LogP) is -0.771. The van der Waals surface area contributed by atoms with Crippen molar-refractivity contribution >= 4 is 29.6 Å². The number of carbonyl (C=O) groups is 5. The minimum absolute atomic E-state index is 0.0674. The van der Waals surface area contributed by atoms with E-state index in [1.165, 1.54) is 17.0 Å². The predicted molar refractivity (Wildman–Crippen MR) is 129 cm³/mol. The molecule has 1 heterocycles. The molecule has 0 aromatic heterocycles. The summed E-state index contributed by atoms with van der Waals surface area (Å²) in [4.78, 5) is 63.1. The molecule has 0 spiro atoms. The molecule has 198 valence electrons. The highest BCUT2D eigenvalue weighted by molar-refractivity contribution is 5.94. The van der Waals surface area contributed by atoms with Gasteiger partial charge in [-0.3, -0.25) is 19.2 Å². The second kappa shape index (κ2) is 12.9. The zero-order valence-electron chi connectivity index (χ0n) is 20.5. The van der Waals surface area contributed by atoms with Crippen LogP contribution < -0.4 is 22.1 Å². The van der Waals surface area contributed by atoms with Crippen LogP contribution in [0, 0.1) is 5.92 Å². The third-order valence-electron chi connectivity index (χ3n) is 6.09. The maximum atomic E-state index is 13.1. The number of nitrogens with zero attached hydrogens (tertiary/aromatic N) is 1. The van der Waals surface area contributed by atoms with Crippen molar-refractivity contribution in [1.82, 2.24) is 15.5 Å². The lowest BCUT2D eigenvalue weighted by Gasteiger charge is -2.30. The number of nitrogens with two attached hydrogens (primary N) is 2. The van der Waals surface area contributed by atoms with Gasteiger partial charge in [0.1, 0.15) is 23.9 Å². The Hall–Kier alpha value is -3.67. The van der Waals surface area contributed by atoms with Gasteiger partial charge in [-0.25, -0.2) is 4.79 Å². The van der Waals surface area contributed by atoms with E-state index in [0.717, 1.165) is 0 Å². The van der Waals surface area contributed by atoms with Crippen molar-refractivity contribution < 1.29 is 34.2 Å². The van der Waals surface area contributed by atoms with E-state index >= 15 is 0 Å². The molecule has 2 rings (SSSR count). The van der Waals surface area contributed by atoms with Crippen LogP contribution in [0.25, 0.3) is 0 Å². The first-order chi connectivity index (χ1) is 16.9. The van der Waals surface area contributed by atoms with Gasteiger partial charge < -0.3 is 37.2 Å². The fraction of sp³-hybridized carbons (Fsp3) is 0.542. The number of hydrogen-bond acceptors (Lipinski definition) is 7. The van der Waals surface area contributed by atoms with Gasteiger partial charge >= 0.3 is 5.97 Å². The second-order valence-electron chi connectivity index (χ2n) is 9.30. The normalized spacial score (nSPS) is 17.8. The third kappa shape index (κ3) is 7.94. The summed E-state index contributed by atoms with van der Waals surface area (Å²) in [5.41, 5.74) is 11.9. The lowest BCUT2D eigenvalue weighted by molar-refractivity contribution is -0.150. The first-order valence-electron chi connectivity index (χ1n) is 11.9. The van der Waals surface area contributed by atoms with Crippen LogP contribution in [0.4, 0.5) is 0 Å². The Morgan fingerprint density at radius 3 is 2.28 bits per heavy atom. The van der Waals surface area contributed by atoms with Gasteiger partial charge in [0.05, 0.1) is 6.04 Å².